The first-order valence-corrected chi connectivity index (χ1v) is 8.11. The molecule has 0 aromatic heterocycles. The summed E-state index contributed by atoms with van der Waals surface area (Å²) < 4.78 is 41.3. The summed E-state index contributed by atoms with van der Waals surface area (Å²) in [5, 5.41) is 7.54. The average Bonchev–Trinajstić information content (AvgIpc) is 2.91. The molecule has 1 heterocycles. The molecule has 21 heavy (non-hydrogen) atoms. The van der Waals surface area contributed by atoms with E-state index in [9.17, 15) is 17.6 Å². The van der Waals surface area contributed by atoms with E-state index in [0.29, 0.717) is 19.1 Å². The number of rotatable bonds is 5. The Bertz CT molecular complexity index is 627. The van der Waals surface area contributed by atoms with Gasteiger partial charge in [-0.25, -0.2) is 17.9 Å². The summed E-state index contributed by atoms with van der Waals surface area (Å²) in [5.74, 6) is -1.05. The molecule has 1 atom stereocenters. The molecule has 3 N–H and O–H groups in total. The number of primary sulfonamides is 1. The summed E-state index contributed by atoms with van der Waals surface area (Å²) in [4.78, 5) is 11.6. The number of halogens is 1. The molecule has 1 unspecified atom stereocenters. The molecule has 1 amide bonds. The van der Waals surface area contributed by atoms with Crippen molar-refractivity contribution in [3.05, 3.63) is 29.6 Å². The van der Waals surface area contributed by atoms with Crippen LogP contribution in [0.5, 0.6) is 0 Å². The SMILES string of the molecule is NS(=O)(=O)c1ccc(F)c(C(=O)NCCC2CCOC2)c1. The Balaban J connectivity index is 2.01. The second kappa shape index (κ2) is 6.50. The van der Waals surface area contributed by atoms with Gasteiger partial charge in [-0.3, -0.25) is 4.79 Å². The van der Waals surface area contributed by atoms with Gasteiger partial charge in [0.2, 0.25) is 10.0 Å². The molecule has 0 spiro atoms. The molecule has 1 aliphatic heterocycles. The van der Waals surface area contributed by atoms with Gasteiger partial charge in [0.25, 0.3) is 5.91 Å². The van der Waals surface area contributed by atoms with Gasteiger partial charge >= 0.3 is 0 Å². The third kappa shape index (κ3) is 4.23. The van der Waals surface area contributed by atoms with Gasteiger partial charge < -0.3 is 10.1 Å². The number of hydrogen-bond acceptors (Lipinski definition) is 4. The fraction of sp³-hybridized carbons (Fsp3) is 0.462. The first kappa shape index (κ1) is 15.9. The smallest absolute Gasteiger partial charge is 0.254 e. The van der Waals surface area contributed by atoms with E-state index in [2.05, 4.69) is 5.32 Å². The van der Waals surface area contributed by atoms with Crippen LogP contribution in [0.4, 0.5) is 4.39 Å². The quantitative estimate of drug-likeness (QED) is 0.832. The minimum atomic E-state index is -3.97. The van der Waals surface area contributed by atoms with Gasteiger partial charge in [-0.15, -0.1) is 0 Å². The Labute approximate surface area is 122 Å². The second-order valence-electron chi connectivity index (χ2n) is 4.96. The Hall–Kier alpha value is -1.51. The maximum Gasteiger partial charge on any atom is 0.254 e. The predicted molar refractivity (Wildman–Crippen MR) is 73.6 cm³/mol. The van der Waals surface area contributed by atoms with E-state index < -0.39 is 21.7 Å². The van der Waals surface area contributed by atoms with Crippen molar-refractivity contribution >= 4 is 15.9 Å². The van der Waals surface area contributed by atoms with Gasteiger partial charge in [-0.2, -0.15) is 0 Å². The van der Waals surface area contributed by atoms with E-state index in [0.717, 1.165) is 37.6 Å². The number of carbonyl (C=O) groups is 1. The number of hydrogen-bond donors (Lipinski definition) is 2. The largest absolute Gasteiger partial charge is 0.381 e. The monoisotopic (exact) mass is 316 g/mol. The van der Waals surface area contributed by atoms with Crippen molar-refractivity contribution in [2.24, 2.45) is 11.1 Å². The van der Waals surface area contributed by atoms with E-state index in [-0.39, 0.29) is 10.5 Å². The van der Waals surface area contributed by atoms with Gasteiger partial charge in [0.05, 0.1) is 10.5 Å². The number of benzene rings is 1. The molecule has 1 aromatic carbocycles. The molecule has 0 aliphatic carbocycles. The highest BCUT2D eigenvalue weighted by atomic mass is 32.2. The predicted octanol–water partition coefficient (Wildman–Crippen LogP) is 0.629. The number of sulfonamides is 1. The number of ether oxygens (including phenoxy) is 1. The van der Waals surface area contributed by atoms with Crippen LogP contribution in [-0.4, -0.2) is 34.1 Å². The van der Waals surface area contributed by atoms with Crippen molar-refractivity contribution in [2.75, 3.05) is 19.8 Å². The van der Waals surface area contributed by atoms with E-state index in [1.54, 1.807) is 0 Å². The molecule has 2 rings (SSSR count). The molecule has 1 aromatic rings. The number of amides is 1. The van der Waals surface area contributed by atoms with E-state index in [1.807, 2.05) is 0 Å². The Morgan fingerprint density at radius 2 is 2.24 bits per heavy atom. The summed E-state index contributed by atoms with van der Waals surface area (Å²) >= 11 is 0. The highest BCUT2D eigenvalue weighted by Crippen LogP contribution is 2.16. The van der Waals surface area contributed by atoms with Crippen molar-refractivity contribution in [3.63, 3.8) is 0 Å². The van der Waals surface area contributed by atoms with E-state index in [4.69, 9.17) is 9.88 Å². The molecule has 1 aliphatic rings. The molecular weight excluding hydrogens is 299 g/mol. The lowest BCUT2D eigenvalue weighted by Crippen LogP contribution is -2.27. The lowest BCUT2D eigenvalue weighted by Gasteiger charge is -2.10. The van der Waals surface area contributed by atoms with Crippen molar-refractivity contribution < 1.29 is 22.3 Å². The minimum Gasteiger partial charge on any atom is -0.381 e. The maximum absolute atomic E-state index is 13.6. The fourth-order valence-corrected chi connectivity index (χ4v) is 2.69. The topological polar surface area (TPSA) is 98.5 Å². The van der Waals surface area contributed by atoms with Crippen LogP contribution >= 0.6 is 0 Å². The molecule has 0 radical (unpaired) electrons. The van der Waals surface area contributed by atoms with Crippen LogP contribution in [0.2, 0.25) is 0 Å². The molecule has 0 saturated carbocycles. The molecule has 1 saturated heterocycles. The first-order chi connectivity index (χ1) is 9.88. The van der Waals surface area contributed by atoms with Crippen LogP contribution in [0, 0.1) is 11.7 Å². The third-order valence-corrected chi connectivity index (χ3v) is 4.28. The van der Waals surface area contributed by atoms with Gasteiger partial charge in [0.15, 0.2) is 0 Å². The normalized spacial score (nSPS) is 18.7. The molecule has 0 bridgehead atoms. The summed E-state index contributed by atoms with van der Waals surface area (Å²) in [6.07, 6.45) is 1.69. The minimum absolute atomic E-state index is 0.293. The molecule has 6 nitrogen and oxygen atoms in total. The van der Waals surface area contributed by atoms with Gasteiger partial charge in [0, 0.05) is 19.8 Å². The third-order valence-electron chi connectivity index (χ3n) is 3.37. The number of nitrogens with one attached hydrogen (secondary N) is 1. The molecular formula is C13H17FN2O4S. The molecule has 1 fully saturated rings. The highest BCUT2D eigenvalue weighted by Gasteiger charge is 2.18. The van der Waals surface area contributed by atoms with Crippen molar-refractivity contribution in [1.82, 2.24) is 5.32 Å². The van der Waals surface area contributed by atoms with Crippen molar-refractivity contribution in [2.45, 2.75) is 17.7 Å². The van der Waals surface area contributed by atoms with Crippen molar-refractivity contribution in [3.8, 4) is 0 Å². The van der Waals surface area contributed by atoms with E-state index in [1.165, 1.54) is 0 Å². The molecule has 8 heteroatoms. The van der Waals surface area contributed by atoms with Gasteiger partial charge in [-0.1, -0.05) is 0 Å². The zero-order valence-electron chi connectivity index (χ0n) is 11.3. The summed E-state index contributed by atoms with van der Waals surface area (Å²) in [7, 11) is -3.97. The van der Waals surface area contributed by atoms with Crippen LogP contribution in [-0.2, 0) is 14.8 Å². The lowest BCUT2D eigenvalue weighted by molar-refractivity contribution is 0.0946. The summed E-state index contributed by atoms with van der Waals surface area (Å²) in [6, 6.07) is 2.88. The van der Waals surface area contributed by atoms with Crippen molar-refractivity contribution in [1.29, 1.82) is 0 Å². The fourth-order valence-electron chi connectivity index (χ4n) is 2.15. The second-order valence-corrected chi connectivity index (χ2v) is 6.52. The Morgan fingerprint density at radius 3 is 2.86 bits per heavy atom. The van der Waals surface area contributed by atoms with Crippen LogP contribution in [0.1, 0.15) is 23.2 Å². The number of carbonyl (C=O) groups excluding carboxylic acids is 1. The van der Waals surface area contributed by atoms with E-state index >= 15 is 0 Å². The highest BCUT2D eigenvalue weighted by molar-refractivity contribution is 7.89. The molecule has 116 valence electrons. The Morgan fingerprint density at radius 1 is 1.48 bits per heavy atom. The standard InChI is InChI=1S/C13H17FN2O4S/c14-12-2-1-10(21(15,18)19)7-11(12)13(17)16-5-3-9-4-6-20-8-9/h1-2,7,9H,3-6,8H2,(H,16,17)(H2,15,18,19). The maximum atomic E-state index is 13.6. The zero-order chi connectivity index (χ0) is 15.5. The van der Waals surface area contributed by atoms with Gasteiger partial charge in [-0.05, 0) is 37.0 Å². The summed E-state index contributed by atoms with van der Waals surface area (Å²) in [6.45, 7) is 1.78. The van der Waals surface area contributed by atoms with Crippen LogP contribution < -0.4 is 10.5 Å². The zero-order valence-corrected chi connectivity index (χ0v) is 12.2. The van der Waals surface area contributed by atoms with Crippen LogP contribution in [0.25, 0.3) is 0 Å². The summed E-state index contributed by atoms with van der Waals surface area (Å²) in [5.41, 5.74) is -0.329. The average molecular weight is 316 g/mol. The first-order valence-electron chi connectivity index (χ1n) is 6.56. The van der Waals surface area contributed by atoms with Gasteiger partial charge in [0.1, 0.15) is 5.82 Å². The lowest BCUT2D eigenvalue weighted by atomic mass is 10.1. The number of nitrogens with two attached hydrogens (primary N) is 1. The Kier molecular flexibility index (Phi) is 4.92. The van der Waals surface area contributed by atoms with Crippen LogP contribution in [0.15, 0.2) is 23.1 Å². The van der Waals surface area contributed by atoms with Crippen LogP contribution in [0.3, 0.4) is 0 Å².